The molecular weight excluding hydrogens is 220 g/mol. The first-order valence-corrected chi connectivity index (χ1v) is 6.15. The molecule has 1 amide bonds. The normalized spacial score (nSPS) is 23.9. The summed E-state index contributed by atoms with van der Waals surface area (Å²) < 4.78 is 5.10. The van der Waals surface area contributed by atoms with Gasteiger partial charge in [-0.1, -0.05) is 5.16 Å². The molecule has 1 aromatic heterocycles. The number of nitrogens with one attached hydrogen (secondary N) is 2. The fourth-order valence-corrected chi connectivity index (χ4v) is 2.04. The van der Waals surface area contributed by atoms with Crippen molar-refractivity contribution in [2.75, 3.05) is 13.1 Å². The Morgan fingerprint density at radius 3 is 3.06 bits per heavy atom. The predicted octanol–water partition coefficient (Wildman–Crippen LogP) is 0.114. The van der Waals surface area contributed by atoms with Gasteiger partial charge < -0.3 is 15.2 Å². The molecule has 17 heavy (non-hydrogen) atoms. The van der Waals surface area contributed by atoms with E-state index in [9.17, 15) is 4.79 Å². The Morgan fingerprint density at radius 1 is 1.47 bits per heavy atom. The van der Waals surface area contributed by atoms with Crippen molar-refractivity contribution < 1.29 is 9.32 Å². The van der Waals surface area contributed by atoms with E-state index in [1.165, 1.54) is 0 Å². The molecule has 2 aliphatic rings. The predicted molar refractivity (Wildman–Crippen MR) is 59.5 cm³/mol. The summed E-state index contributed by atoms with van der Waals surface area (Å²) in [5, 5.41) is 9.85. The molecule has 0 spiro atoms. The van der Waals surface area contributed by atoms with E-state index in [0.29, 0.717) is 17.9 Å². The number of rotatable bonds is 4. The Bertz CT molecular complexity index is 407. The molecule has 92 valence electrons. The molecule has 0 radical (unpaired) electrons. The first-order chi connectivity index (χ1) is 8.31. The zero-order valence-corrected chi connectivity index (χ0v) is 9.61. The summed E-state index contributed by atoms with van der Waals surface area (Å²) in [4.78, 5) is 15.8. The minimum Gasteiger partial charge on any atom is -0.346 e. The molecule has 6 heteroatoms. The molecule has 1 aliphatic carbocycles. The molecular formula is C11H16N4O2. The number of amides is 1. The Morgan fingerprint density at radius 2 is 2.35 bits per heavy atom. The molecule has 2 N–H and O–H groups in total. The summed E-state index contributed by atoms with van der Waals surface area (Å²) >= 11 is 0. The standard InChI is InChI=1S/C11H16N4O2/c16-11(13-8-1-2-8)10-14-9(17-15-10)5-7-3-4-12-6-7/h7-8,12H,1-6H2,(H,13,16). The fourth-order valence-electron chi connectivity index (χ4n) is 2.04. The summed E-state index contributed by atoms with van der Waals surface area (Å²) in [5.41, 5.74) is 0. The maximum atomic E-state index is 11.6. The summed E-state index contributed by atoms with van der Waals surface area (Å²) in [6, 6.07) is 0.323. The van der Waals surface area contributed by atoms with Gasteiger partial charge in [-0.3, -0.25) is 4.79 Å². The highest BCUT2D eigenvalue weighted by molar-refractivity contribution is 5.90. The van der Waals surface area contributed by atoms with Gasteiger partial charge in [-0.15, -0.1) is 0 Å². The molecule has 1 atom stereocenters. The van der Waals surface area contributed by atoms with Gasteiger partial charge in [0.05, 0.1) is 0 Å². The van der Waals surface area contributed by atoms with Crippen LogP contribution in [0.5, 0.6) is 0 Å². The summed E-state index contributed by atoms with van der Waals surface area (Å²) in [6.45, 7) is 2.04. The topological polar surface area (TPSA) is 80.0 Å². The number of carbonyl (C=O) groups excluding carboxylic acids is 1. The van der Waals surface area contributed by atoms with Crippen molar-refractivity contribution in [2.24, 2.45) is 5.92 Å². The molecule has 1 aliphatic heterocycles. The Hall–Kier alpha value is -1.43. The van der Waals surface area contributed by atoms with Crippen LogP contribution in [0.25, 0.3) is 0 Å². The van der Waals surface area contributed by atoms with Gasteiger partial charge in [0.2, 0.25) is 5.89 Å². The van der Waals surface area contributed by atoms with Crippen LogP contribution in [0.2, 0.25) is 0 Å². The van der Waals surface area contributed by atoms with E-state index >= 15 is 0 Å². The molecule has 2 heterocycles. The summed E-state index contributed by atoms with van der Waals surface area (Å²) in [7, 11) is 0. The van der Waals surface area contributed by atoms with Gasteiger partial charge >= 0.3 is 0 Å². The van der Waals surface area contributed by atoms with Gasteiger partial charge in [-0.2, -0.15) is 4.98 Å². The molecule has 1 aromatic rings. The lowest BCUT2D eigenvalue weighted by molar-refractivity contribution is 0.0937. The van der Waals surface area contributed by atoms with Crippen molar-refractivity contribution in [1.29, 1.82) is 0 Å². The van der Waals surface area contributed by atoms with Crippen LogP contribution in [0, 0.1) is 5.92 Å². The van der Waals surface area contributed by atoms with Crippen LogP contribution in [0.15, 0.2) is 4.52 Å². The second-order valence-corrected chi connectivity index (χ2v) is 4.82. The first-order valence-electron chi connectivity index (χ1n) is 6.15. The zero-order chi connectivity index (χ0) is 11.7. The smallest absolute Gasteiger partial charge is 0.292 e. The highest BCUT2D eigenvalue weighted by Gasteiger charge is 2.26. The largest absolute Gasteiger partial charge is 0.346 e. The maximum absolute atomic E-state index is 11.6. The van der Waals surface area contributed by atoms with Crippen LogP contribution in [0.3, 0.4) is 0 Å². The molecule has 0 bridgehead atoms. The van der Waals surface area contributed by atoms with E-state index in [0.717, 1.165) is 38.8 Å². The SMILES string of the molecule is O=C(NC1CC1)c1noc(CC2CCNC2)n1. The Balaban J connectivity index is 1.58. The van der Waals surface area contributed by atoms with E-state index in [4.69, 9.17) is 4.52 Å². The van der Waals surface area contributed by atoms with E-state index in [-0.39, 0.29) is 11.7 Å². The Kier molecular flexibility index (Phi) is 2.80. The molecule has 1 saturated carbocycles. The molecule has 1 unspecified atom stereocenters. The monoisotopic (exact) mass is 236 g/mol. The van der Waals surface area contributed by atoms with Crippen LogP contribution in [-0.2, 0) is 6.42 Å². The molecule has 3 rings (SSSR count). The van der Waals surface area contributed by atoms with Gasteiger partial charge in [0.25, 0.3) is 11.7 Å². The van der Waals surface area contributed by atoms with Gasteiger partial charge in [-0.05, 0) is 38.3 Å². The molecule has 2 fully saturated rings. The van der Waals surface area contributed by atoms with Crippen molar-refractivity contribution in [2.45, 2.75) is 31.7 Å². The van der Waals surface area contributed by atoms with Gasteiger partial charge in [0.15, 0.2) is 0 Å². The van der Waals surface area contributed by atoms with Crippen molar-refractivity contribution >= 4 is 5.91 Å². The van der Waals surface area contributed by atoms with Gasteiger partial charge in [0, 0.05) is 12.5 Å². The average Bonchev–Trinajstić information content (AvgIpc) is 2.84. The van der Waals surface area contributed by atoms with Gasteiger partial charge in [0.1, 0.15) is 0 Å². The fraction of sp³-hybridized carbons (Fsp3) is 0.727. The highest BCUT2D eigenvalue weighted by Crippen LogP contribution is 2.19. The second-order valence-electron chi connectivity index (χ2n) is 4.82. The number of aromatic nitrogens is 2. The number of carbonyl (C=O) groups is 1. The lowest BCUT2D eigenvalue weighted by atomic mass is 10.1. The third-order valence-corrected chi connectivity index (χ3v) is 3.21. The maximum Gasteiger partial charge on any atom is 0.292 e. The van der Waals surface area contributed by atoms with E-state index in [1.54, 1.807) is 0 Å². The minimum absolute atomic E-state index is 0.165. The van der Waals surface area contributed by atoms with Crippen molar-refractivity contribution in [3.05, 3.63) is 11.7 Å². The molecule has 0 aromatic carbocycles. The third-order valence-electron chi connectivity index (χ3n) is 3.21. The Labute approximate surface area is 99.2 Å². The van der Waals surface area contributed by atoms with Crippen molar-refractivity contribution in [1.82, 2.24) is 20.8 Å². The van der Waals surface area contributed by atoms with Crippen LogP contribution < -0.4 is 10.6 Å². The number of nitrogens with zero attached hydrogens (tertiary/aromatic N) is 2. The highest BCUT2D eigenvalue weighted by atomic mass is 16.5. The average molecular weight is 236 g/mol. The van der Waals surface area contributed by atoms with Gasteiger partial charge in [-0.25, -0.2) is 0 Å². The van der Waals surface area contributed by atoms with E-state index in [1.807, 2.05) is 0 Å². The lowest BCUT2D eigenvalue weighted by Gasteiger charge is -2.01. The van der Waals surface area contributed by atoms with Crippen LogP contribution >= 0.6 is 0 Å². The van der Waals surface area contributed by atoms with E-state index in [2.05, 4.69) is 20.8 Å². The van der Waals surface area contributed by atoms with Crippen LogP contribution in [0.4, 0.5) is 0 Å². The zero-order valence-electron chi connectivity index (χ0n) is 9.61. The number of hydrogen-bond acceptors (Lipinski definition) is 5. The third kappa shape index (κ3) is 2.63. The minimum atomic E-state index is -0.216. The van der Waals surface area contributed by atoms with Crippen molar-refractivity contribution in [3.63, 3.8) is 0 Å². The van der Waals surface area contributed by atoms with Crippen LogP contribution in [-0.4, -0.2) is 35.2 Å². The number of hydrogen-bond donors (Lipinski definition) is 2. The molecule has 6 nitrogen and oxygen atoms in total. The second kappa shape index (κ2) is 4.44. The quantitative estimate of drug-likeness (QED) is 0.775. The summed E-state index contributed by atoms with van der Waals surface area (Å²) in [5.74, 6) is 1.07. The van der Waals surface area contributed by atoms with Crippen molar-refractivity contribution in [3.8, 4) is 0 Å². The molecule has 1 saturated heterocycles. The van der Waals surface area contributed by atoms with E-state index < -0.39 is 0 Å². The van der Waals surface area contributed by atoms with Crippen LogP contribution in [0.1, 0.15) is 35.8 Å². The first kappa shape index (κ1) is 10.7. The lowest BCUT2D eigenvalue weighted by Crippen LogP contribution is -2.26. The summed E-state index contributed by atoms with van der Waals surface area (Å²) in [6.07, 6.45) is 4.01.